The normalized spacial score (nSPS) is 10.2. The largest absolute Gasteiger partial charge is 0.506 e. The van der Waals surface area contributed by atoms with Crippen LogP contribution in [0, 0.1) is 6.92 Å². The predicted molar refractivity (Wildman–Crippen MR) is 68.7 cm³/mol. The average Bonchev–Trinajstić information content (AvgIpc) is 2.32. The van der Waals surface area contributed by atoms with Gasteiger partial charge in [0.2, 0.25) is 0 Å². The molecule has 0 atom stereocenters. The molecule has 0 unspecified atom stereocenters. The van der Waals surface area contributed by atoms with E-state index in [1.807, 2.05) is 31.2 Å². The van der Waals surface area contributed by atoms with Crippen LogP contribution in [0.2, 0.25) is 5.02 Å². The van der Waals surface area contributed by atoms with Crippen LogP contribution in [0.4, 0.5) is 0 Å². The van der Waals surface area contributed by atoms with Crippen molar-refractivity contribution in [3.05, 3.63) is 52.5 Å². The Morgan fingerprint density at radius 1 is 1.18 bits per heavy atom. The van der Waals surface area contributed by atoms with Crippen molar-refractivity contribution < 1.29 is 9.90 Å². The highest BCUT2D eigenvalue weighted by atomic mass is 35.5. The number of rotatable bonds is 2. The van der Waals surface area contributed by atoms with Crippen LogP contribution < -0.4 is 0 Å². The first kappa shape index (κ1) is 11.7. The van der Waals surface area contributed by atoms with Crippen LogP contribution >= 0.6 is 11.6 Å². The third kappa shape index (κ3) is 2.04. The summed E-state index contributed by atoms with van der Waals surface area (Å²) in [6.07, 6.45) is 0.618. The molecule has 0 bridgehead atoms. The summed E-state index contributed by atoms with van der Waals surface area (Å²) >= 11 is 6.09. The first-order chi connectivity index (χ1) is 8.15. The van der Waals surface area contributed by atoms with Gasteiger partial charge in [0.25, 0.3) is 0 Å². The van der Waals surface area contributed by atoms with Crippen molar-refractivity contribution in [1.29, 1.82) is 0 Å². The van der Waals surface area contributed by atoms with Gasteiger partial charge in [-0.25, -0.2) is 0 Å². The molecule has 0 aliphatic rings. The van der Waals surface area contributed by atoms with Gasteiger partial charge >= 0.3 is 0 Å². The van der Waals surface area contributed by atoms with Crippen molar-refractivity contribution in [2.75, 3.05) is 0 Å². The number of aromatic hydroxyl groups is 1. The van der Waals surface area contributed by atoms with Gasteiger partial charge in [-0.3, -0.25) is 4.79 Å². The second-order valence-corrected chi connectivity index (χ2v) is 4.20. The Morgan fingerprint density at radius 2 is 1.88 bits per heavy atom. The second kappa shape index (κ2) is 4.60. The zero-order valence-electron chi connectivity index (χ0n) is 9.27. The number of aldehydes is 1. The van der Waals surface area contributed by atoms with E-state index >= 15 is 0 Å². The molecule has 2 nitrogen and oxygen atoms in total. The second-order valence-electron chi connectivity index (χ2n) is 3.79. The van der Waals surface area contributed by atoms with E-state index < -0.39 is 0 Å². The molecule has 0 spiro atoms. The summed E-state index contributed by atoms with van der Waals surface area (Å²) in [5, 5.41) is 10.5. The van der Waals surface area contributed by atoms with Gasteiger partial charge in [0, 0.05) is 5.56 Å². The van der Waals surface area contributed by atoms with Gasteiger partial charge in [-0.1, -0.05) is 35.9 Å². The molecule has 1 N–H and O–H groups in total. The topological polar surface area (TPSA) is 37.3 Å². The molecule has 0 aliphatic carbocycles. The van der Waals surface area contributed by atoms with E-state index in [4.69, 9.17) is 11.6 Å². The zero-order chi connectivity index (χ0) is 12.4. The Bertz CT molecular complexity index is 576. The summed E-state index contributed by atoms with van der Waals surface area (Å²) in [5.74, 6) is -0.0678. The number of phenols is 1. The van der Waals surface area contributed by atoms with Crippen molar-refractivity contribution in [2.45, 2.75) is 6.92 Å². The number of halogens is 1. The summed E-state index contributed by atoms with van der Waals surface area (Å²) in [5.41, 5.74) is 2.58. The molecule has 2 aromatic carbocycles. The first-order valence-corrected chi connectivity index (χ1v) is 5.55. The zero-order valence-corrected chi connectivity index (χ0v) is 10.0. The number of benzene rings is 2. The van der Waals surface area contributed by atoms with Gasteiger partial charge in [-0.2, -0.15) is 0 Å². The van der Waals surface area contributed by atoms with Crippen LogP contribution in [0.5, 0.6) is 5.75 Å². The van der Waals surface area contributed by atoms with Gasteiger partial charge in [0.05, 0.1) is 10.6 Å². The maximum absolute atomic E-state index is 10.8. The molecule has 2 rings (SSSR count). The van der Waals surface area contributed by atoms with Crippen LogP contribution in [0.25, 0.3) is 11.1 Å². The lowest BCUT2D eigenvalue weighted by Crippen LogP contribution is -1.89. The Morgan fingerprint density at radius 3 is 2.53 bits per heavy atom. The Balaban J connectivity index is 2.75. The monoisotopic (exact) mass is 246 g/mol. The predicted octanol–water partition coefficient (Wildman–Crippen LogP) is 3.83. The first-order valence-electron chi connectivity index (χ1n) is 5.18. The van der Waals surface area contributed by atoms with Crippen LogP contribution in [0.15, 0.2) is 36.4 Å². The maximum atomic E-state index is 10.8. The van der Waals surface area contributed by atoms with E-state index in [9.17, 15) is 9.90 Å². The van der Waals surface area contributed by atoms with Crippen LogP contribution in [0.3, 0.4) is 0 Å². The van der Waals surface area contributed by atoms with E-state index in [0.29, 0.717) is 16.9 Å². The highest BCUT2D eigenvalue weighted by Crippen LogP contribution is 2.39. The summed E-state index contributed by atoms with van der Waals surface area (Å²) in [6, 6.07) is 10.7. The smallest absolute Gasteiger partial charge is 0.153 e. The summed E-state index contributed by atoms with van der Waals surface area (Å²) in [4.78, 5) is 10.8. The Kier molecular flexibility index (Phi) is 3.16. The number of hydrogen-bond donors (Lipinski definition) is 1. The summed E-state index contributed by atoms with van der Waals surface area (Å²) < 4.78 is 0. The fourth-order valence-corrected chi connectivity index (χ4v) is 2.04. The van der Waals surface area contributed by atoms with Gasteiger partial charge in [-0.05, 0) is 30.2 Å². The average molecular weight is 247 g/mol. The molecule has 0 heterocycles. The van der Waals surface area contributed by atoms with E-state index in [2.05, 4.69) is 0 Å². The number of phenolic OH excluding ortho intramolecular Hbond substituents is 1. The summed E-state index contributed by atoms with van der Waals surface area (Å²) in [7, 11) is 0. The van der Waals surface area contributed by atoms with E-state index in [0.717, 1.165) is 11.1 Å². The third-order valence-corrected chi connectivity index (χ3v) is 3.01. The molecule has 3 heteroatoms. The molecule has 86 valence electrons. The quantitative estimate of drug-likeness (QED) is 0.818. The highest BCUT2D eigenvalue weighted by molar-refractivity contribution is 6.34. The van der Waals surface area contributed by atoms with E-state index in [-0.39, 0.29) is 11.3 Å². The SMILES string of the molecule is Cc1ccccc1-c1c(Cl)ccc(C=O)c1O. The molecule has 17 heavy (non-hydrogen) atoms. The minimum absolute atomic E-state index is 0.0678. The number of aryl methyl sites for hydroxylation is 1. The van der Waals surface area contributed by atoms with Crippen molar-refractivity contribution in [2.24, 2.45) is 0 Å². The van der Waals surface area contributed by atoms with Crippen LogP contribution in [-0.4, -0.2) is 11.4 Å². The molecule has 0 saturated carbocycles. The third-order valence-electron chi connectivity index (χ3n) is 2.70. The van der Waals surface area contributed by atoms with Crippen molar-refractivity contribution in [3.63, 3.8) is 0 Å². The lowest BCUT2D eigenvalue weighted by molar-refractivity contribution is 0.112. The maximum Gasteiger partial charge on any atom is 0.153 e. The van der Waals surface area contributed by atoms with Gasteiger partial charge in [0.1, 0.15) is 5.75 Å². The molecule has 0 aromatic heterocycles. The number of carbonyl (C=O) groups is 1. The fourth-order valence-electron chi connectivity index (χ4n) is 1.79. The van der Waals surface area contributed by atoms with Crippen LogP contribution in [0.1, 0.15) is 15.9 Å². The van der Waals surface area contributed by atoms with Gasteiger partial charge < -0.3 is 5.11 Å². The fraction of sp³-hybridized carbons (Fsp3) is 0.0714. The summed E-state index contributed by atoms with van der Waals surface area (Å²) in [6.45, 7) is 1.93. The lowest BCUT2D eigenvalue weighted by Gasteiger charge is -2.11. The van der Waals surface area contributed by atoms with Crippen molar-refractivity contribution >= 4 is 17.9 Å². The molecular weight excluding hydrogens is 236 g/mol. The highest BCUT2D eigenvalue weighted by Gasteiger charge is 2.14. The van der Waals surface area contributed by atoms with E-state index in [1.54, 1.807) is 6.07 Å². The lowest BCUT2D eigenvalue weighted by atomic mass is 9.98. The molecule has 0 saturated heterocycles. The minimum Gasteiger partial charge on any atom is -0.506 e. The molecular formula is C14H11ClO2. The van der Waals surface area contributed by atoms with Crippen molar-refractivity contribution in [1.82, 2.24) is 0 Å². The molecule has 0 amide bonds. The number of hydrogen-bond acceptors (Lipinski definition) is 2. The minimum atomic E-state index is -0.0678. The number of carbonyl (C=O) groups excluding carboxylic acids is 1. The van der Waals surface area contributed by atoms with E-state index in [1.165, 1.54) is 6.07 Å². The van der Waals surface area contributed by atoms with Crippen LogP contribution in [-0.2, 0) is 0 Å². The van der Waals surface area contributed by atoms with Crippen molar-refractivity contribution in [3.8, 4) is 16.9 Å². The van der Waals surface area contributed by atoms with Gasteiger partial charge in [-0.15, -0.1) is 0 Å². The van der Waals surface area contributed by atoms with Gasteiger partial charge in [0.15, 0.2) is 6.29 Å². The Hall–Kier alpha value is -1.80. The Labute approximate surface area is 104 Å². The molecule has 0 aliphatic heterocycles. The standard InChI is InChI=1S/C14H11ClO2/c1-9-4-2-3-5-11(9)13-12(15)7-6-10(8-16)14(13)17/h2-8,17H,1H3. The molecule has 2 aromatic rings. The molecule has 0 radical (unpaired) electrons. The molecule has 0 fully saturated rings.